The van der Waals surface area contributed by atoms with E-state index < -0.39 is 0 Å². The molecule has 0 spiro atoms. The fraction of sp³-hybridized carbons (Fsp3) is 0.667. The maximum Gasteiger partial charge on any atom is 0.0514 e. The predicted octanol–water partition coefficient (Wildman–Crippen LogP) is 2.98. The predicted molar refractivity (Wildman–Crippen MR) is 77.4 cm³/mol. The van der Waals surface area contributed by atoms with E-state index in [1.165, 1.54) is 5.56 Å². The molecule has 1 rings (SSSR count). The van der Waals surface area contributed by atoms with Crippen molar-refractivity contribution in [3.63, 3.8) is 0 Å². The van der Waals surface area contributed by atoms with Crippen molar-refractivity contribution in [3.05, 3.63) is 30.1 Å². The molecule has 0 bridgehead atoms. The third-order valence-corrected chi connectivity index (χ3v) is 3.86. The summed E-state index contributed by atoms with van der Waals surface area (Å²) in [5.74, 6) is 0. The van der Waals surface area contributed by atoms with Gasteiger partial charge in [0.25, 0.3) is 0 Å². The topological polar surface area (TPSA) is 42.1 Å². The molecule has 0 aliphatic carbocycles. The summed E-state index contributed by atoms with van der Waals surface area (Å²) in [5, 5.41) is 0. The second-order valence-electron chi connectivity index (χ2n) is 4.94. The second-order valence-corrected chi connectivity index (χ2v) is 4.94. The molecule has 2 atom stereocenters. The summed E-state index contributed by atoms with van der Waals surface area (Å²) >= 11 is 0. The van der Waals surface area contributed by atoms with Crippen LogP contribution in [0.15, 0.2) is 24.5 Å². The highest BCUT2D eigenvalue weighted by atomic mass is 15.2. The number of likely N-dealkylation sites (N-methyl/N-ethyl adjacent to an activating group) is 1. The lowest BCUT2D eigenvalue weighted by molar-refractivity contribution is 0.140. The average molecular weight is 249 g/mol. The molecule has 1 aromatic heterocycles. The fourth-order valence-corrected chi connectivity index (χ4v) is 2.65. The Morgan fingerprint density at radius 3 is 2.33 bits per heavy atom. The Bertz CT molecular complexity index is 322. The number of hydrogen-bond donors (Lipinski definition) is 1. The summed E-state index contributed by atoms with van der Waals surface area (Å²) in [4.78, 5) is 6.66. The zero-order chi connectivity index (χ0) is 13.5. The zero-order valence-corrected chi connectivity index (χ0v) is 12.1. The highest BCUT2D eigenvalue weighted by molar-refractivity contribution is 5.16. The van der Waals surface area contributed by atoms with Crippen molar-refractivity contribution in [1.29, 1.82) is 0 Å². The van der Waals surface area contributed by atoms with Crippen molar-refractivity contribution in [1.82, 2.24) is 9.88 Å². The second kappa shape index (κ2) is 7.49. The molecule has 0 fully saturated rings. The van der Waals surface area contributed by atoms with Gasteiger partial charge in [-0.15, -0.1) is 0 Å². The molecule has 18 heavy (non-hydrogen) atoms. The Morgan fingerprint density at radius 1 is 1.22 bits per heavy atom. The highest BCUT2D eigenvalue weighted by Gasteiger charge is 2.26. The Balaban J connectivity index is 2.98. The largest absolute Gasteiger partial charge is 0.326 e. The molecule has 3 nitrogen and oxygen atoms in total. The van der Waals surface area contributed by atoms with E-state index in [0.717, 1.165) is 19.3 Å². The van der Waals surface area contributed by atoms with Crippen molar-refractivity contribution < 1.29 is 0 Å². The number of rotatable bonds is 7. The summed E-state index contributed by atoms with van der Waals surface area (Å²) in [7, 11) is 2.19. The molecular weight excluding hydrogens is 222 g/mol. The first-order valence-corrected chi connectivity index (χ1v) is 7.03. The van der Waals surface area contributed by atoms with E-state index in [0.29, 0.717) is 6.04 Å². The van der Waals surface area contributed by atoms with Crippen LogP contribution in [0, 0.1) is 0 Å². The van der Waals surface area contributed by atoms with E-state index >= 15 is 0 Å². The van der Waals surface area contributed by atoms with Gasteiger partial charge in [-0.25, -0.2) is 0 Å². The van der Waals surface area contributed by atoms with Gasteiger partial charge in [-0.1, -0.05) is 26.8 Å². The average Bonchev–Trinajstić information content (AvgIpc) is 2.41. The molecular formula is C15H27N3. The number of hydrogen-bond acceptors (Lipinski definition) is 3. The number of aromatic nitrogens is 1. The van der Waals surface area contributed by atoms with Crippen LogP contribution in [0.2, 0.25) is 0 Å². The van der Waals surface area contributed by atoms with Crippen LogP contribution < -0.4 is 5.73 Å². The third kappa shape index (κ3) is 3.53. The lowest BCUT2D eigenvalue weighted by atomic mass is 9.95. The fourth-order valence-electron chi connectivity index (χ4n) is 2.65. The van der Waals surface area contributed by atoms with Crippen LogP contribution in [0.3, 0.4) is 0 Å². The van der Waals surface area contributed by atoms with Crippen molar-refractivity contribution in [3.8, 4) is 0 Å². The SMILES string of the molecule is CCC(N)C(c1cccnc1)N(C)C(CC)CC. The maximum atomic E-state index is 6.33. The van der Waals surface area contributed by atoms with E-state index in [1.54, 1.807) is 0 Å². The van der Waals surface area contributed by atoms with Gasteiger partial charge in [0.2, 0.25) is 0 Å². The minimum absolute atomic E-state index is 0.153. The zero-order valence-electron chi connectivity index (χ0n) is 12.1. The van der Waals surface area contributed by atoms with E-state index in [-0.39, 0.29) is 12.1 Å². The van der Waals surface area contributed by atoms with Gasteiger partial charge in [-0.05, 0) is 37.9 Å². The molecule has 0 aromatic carbocycles. The molecule has 0 aliphatic heterocycles. The van der Waals surface area contributed by atoms with Crippen molar-refractivity contribution in [2.45, 2.75) is 58.2 Å². The molecule has 1 heterocycles. The summed E-state index contributed by atoms with van der Waals surface area (Å²) in [6.07, 6.45) is 7.04. The minimum atomic E-state index is 0.153. The van der Waals surface area contributed by atoms with Gasteiger partial charge in [-0.3, -0.25) is 9.88 Å². The number of nitrogens with zero attached hydrogens (tertiary/aromatic N) is 2. The molecule has 0 saturated heterocycles. The summed E-state index contributed by atoms with van der Waals surface area (Å²) in [6.45, 7) is 6.62. The molecule has 0 radical (unpaired) electrons. The Morgan fingerprint density at radius 2 is 1.89 bits per heavy atom. The molecule has 2 unspecified atom stereocenters. The van der Waals surface area contributed by atoms with E-state index in [9.17, 15) is 0 Å². The maximum absolute atomic E-state index is 6.33. The summed E-state index contributed by atoms with van der Waals surface area (Å²) in [6, 6.07) is 5.11. The lowest BCUT2D eigenvalue weighted by Crippen LogP contribution is -2.43. The lowest BCUT2D eigenvalue weighted by Gasteiger charge is -2.37. The van der Waals surface area contributed by atoms with Crippen LogP contribution in [-0.4, -0.2) is 29.0 Å². The van der Waals surface area contributed by atoms with Crippen LogP contribution in [0.4, 0.5) is 0 Å². The minimum Gasteiger partial charge on any atom is -0.326 e. The van der Waals surface area contributed by atoms with Gasteiger partial charge in [0, 0.05) is 24.5 Å². The van der Waals surface area contributed by atoms with Crippen molar-refractivity contribution >= 4 is 0 Å². The van der Waals surface area contributed by atoms with Gasteiger partial charge in [0.15, 0.2) is 0 Å². The normalized spacial score (nSPS) is 15.1. The molecule has 0 amide bonds. The van der Waals surface area contributed by atoms with Crippen molar-refractivity contribution in [2.24, 2.45) is 5.73 Å². The van der Waals surface area contributed by atoms with Crippen LogP contribution in [0.1, 0.15) is 51.6 Å². The third-order valence-electron chi connectivity index (χ3n) is 3.86. The van der Waals surface area contributed by atoms with Gasteiger partial charge >= 0.3 is 0 Å². The molecule has 102 valence electrons. The van der Waals surface area contributed by atoms with Gasteiger partial charge < -0.3 is 5.73 Å². The summed E-state index contributed by atoms with van der Waals surface area (Å²) in [5.41, 5.74) is 7.55. The standard InChI is InChI=1S/C15H27N3/c1-5-13(6-2)18(4)15(14(16)7-3)12-9-8-10-17-11-12/h8-11,13-15H,5-7,16H2,1-4H3. The molecule has 3 heteroatoms. The quantitative estimate of drug-likeness (QED) is 0.808. The van der Waals surface area contributed by atoms with E-state index in [4.69, 9.17) is 5.73 Å². The summed E-state index contributed by atoms with van der Waals surface area (Å²) < 4.78 is 0. The number of pyridine rings is 1. The number of nitrogens with two attached hydrogens (primary N) is 1. The Labute approximate surface area is 111 Å². The molecule has 0 saturated carbocycles. The van der Waals surface area contributed by atoms with Crippen LogP contribution in [0.5, 0.6) is 0 Å². The van der Waals surface area contributed by atoms with Crippen LogP contribution >= 0.6 is 0 Å². The first-order valence-electron chi connectivity index (χ1n) is 7.03. The van der Waals surface area contributed by atoms with Crippen LogP contribution in [0.25, 0.3) is 0 Å². The Hall–Kier alpha value is -0.930. The highest BCUT2D eigenvalue weighted by Crippen LogP contribution is 2.26. The van der Waals surface area contributed by atoms with Gasteiger partial charge in [-0.2, -0.15) is 0 Å². The molecule has 0 aliphatic rings. The first-order chi connectivity index (χ1) is 8.65. The van der Waals surface area contributed by atoms with E-state index in [1.807, 2.05) is 18.5 Å². The van der Waals surface area contributed by atoms with E-state index in [2.05, 4.69) is 43.8 Å². The van der Waals surface area contributed by atoms with Gasteiger partial charge in [0.1, 0.15) is 0 Å². The Kier molecular flexibility index (Phi) is 6.30. The smallest absolute Gasteiger partial charge is 0.0514 e. The molecule has 1 aromatic rings. The van der Waals surface area contributed by atoms with Crippen molar-refractivity contribution in [2.75, 3.05) is 7.05 Å². The van der Waals surface area contributed by atoms with Gasteiger partial charge in [0.05, 0.1) is 6.04 Å². The first kappa shape index (κ1) is 15.1. The monoisotopic (exact) mass is 249 g/mol. The molecule has 2 N–H and O–H groups in total. The van der Waals surface area contributed by atoms with Crippen LogP contribution in [-0.2, 0) is 0 Å².